The van der Waals surface area contributed by atoms with Crippen molar-refractivity contribution >= 4 is 34.9 Å². The lowest BCUT2D eigenvalue weighted by Crippen LogP contribution is -2.37. The molecule has 7 heteroatoms. The Morgan fingerprint density at radius 1 is 1.11 bits per heavy atom. The van der Waals surface area contributed by atoms with Crippen LogP contribution in [0.3, 0.4) is 0 Å². The first-order valence-corrected chi connectivity index (χ1v) is 8.88. The number of hydrogen-bond acceptors (Lipinski definition) is 5. The Bertz CT molecular complexity index is 852. The van der Waals surface area contributed by atoms with Gasteiger partial charge in [0.1, 0.15) is 5.75 Å². The van der Waals surface area contributed by atoms with Crippen LogP contribution < -0.4 is 15.4 Å². The van der Waals surface area contributed by atoms with Gasteiger partial charge in [-0.25, -0.2) is 4.79 Å². The molecule has 0 heterocycles. The Balaban J connectivity index is 1.88. The van der Waals surface area contributed by atoms with Crippen molar-refractivity contribution in [1.29, 1.82) is 0 Å². The van der Waals surface area contributed by atoms with E-state index in [4.69, 9.17) is 21.7 Å². The lowest BCUT2D eigenvalue weighted by atomic mass is 10.1. The molecule has 0 aliphatic carbocycles. The van der Waals surface area contributed by atoms with E-state index in [0.29, 0.717) is 23.6 Å². The largest absolute Gasteiger partial charge is 0.483 e. The fraction of sp³-hybridized carbons (Fsp3) is 0.250. The summed E-state index contributed by atoms with van der Waals surface area (Å²) in [7, 11) is 0. The van der Waals surface area contributed by atoms with Crippen LogP contribution >= 0.6 is 12.2 Å². The minimum Gasteiger partial charge on any atom is -0.483 e. The van der Waals surface area contributed by atoms with Crippen molar-refractivity contribution in [2.75, 3.05) is 18.5 Å². The summed E-state index contributed by atoms with van der Waals surface area (Å²) in [6.07, 6.45) is 0. The smallest absolute Gasteiger partial charge is 0.338 e. The average Bonchev–Trinajstić information content (AvgIpc) is 2.62. The Morgan fingerprint density at radius 2 is 1.89 bits per heavy atom. The van der Waals surface area contributed by atoms with Crippen LogP contribution in [0, 0.1) is 13.8 Å². The van der Waals surface area contributed by atoms with Gasteiger partial charge in [-0.15, -0.1) is 0 Å². The molecule has 0 saturated heterocycles. The number of amides is 1. The fourth-order valence-corrected chi connectivity index (χ4v) is 2.50. The van der Waals surface area contributed by atoms with Gasteiger partial charge in [-0.1, -0.05) is 18.2 Å². The second-order valence-electron chi connectivity index (χ2n) is 5.86. The zero-order valence-corrected chi connectivity index (χ0v) is 16.3. The highest BCUT2D eigenvalue weighted by molar-refractivity contribution is 7.80. The molecule has 2 aromatic carbocycles. The summed E-state index contributed by atoms with van der Waals surface area (Å²) in [5.41, 5.74) is 2.97. The average molecular weight is 386 g/mol. The number of thiocarbonyl (C=S) groups is 1. The Kier molecular flexibility index (Phi) is 7.31. The molecule has 0 radical (unpaired) electrons. The summed E-state index contributed by atoms with van der Waals surface area (Å²) >= 11 is 5.14. The maximum Gasteiger partial charge on any atom is 0.338 e. The normalized spacial score (nSPS) is 10.0. The minimum absolute atomic E-state index is 0.116. The highest BCUT2D eigenvalue weighted by Gasteiger charge is 2.10. The van der Waals surface area contributed by atoms with Crippen molar-refractivity contribution < 1.29 is 19.1 Å². The van der Waals surface area contributed by atoms with Gasteiger partial charge in [-0.3, -0.25) is 10.1 Å². The molecule has 6 nitrogen and oxygen atoms in total. The van der Waals surface area contributed by atoms with Gasteiger partial charge in [0, 0.05) is 5.69 Å². The number of anilines is 1. The van der Waals surface area contributed by atoms with Crippen molar-refractivity contribution in [1.82, 2.24) is 5.32 Å². The second-order valence-corrected chi connectivity index (χ2v) is 6.27. The Morgan fingerprint density at radius 3 is 2.63 bits per heavy atom. The van der Waals surface area contributed by atoms with Gasteiger partial charge in [0.05, 0.1) is 12.2 Å². The molecule has 27 heavy (non-hydrogen) atoms. The zero-order chi connectivity index (χ0) is 19.8. The third-order valence-corrected chi connectivity index (χ3v) is 3.79. The van der Waals surface area contributed by atoms with Gasteiger partial charge in [-0.2, -0.15) is 0 Å². The van der Waals surface area contributed by atoms with Gasteiger partial charge in [0.25, 0.3) is 5.91 Å². The molecular weight excluding hydrogens is 364 g/mol. The molecule has 0 atom stereocenters. The molecule has 0 spiro atoms. The van der Waals surface area contributed by atoms with Crippen LogP contribution in [0.4, 0.5) is 5.69 Å². The van der Waals surface area contributed by atoms with Crippen molar-refractivity contribution in [3.8, 4) is 5.75 Å². The minimum atomic E-state index is -0.418. The van der Waals surface area contributed by atoms with Crippen LogP contribution in [0.25, 0.3) is 0 Å². The highest BCUT2D eigenvalue weighted by Crippen LogP contribution is 2.18. The molecule has 0 bridgehead atoms. The number of hydrogen-bond donors (Lipinski definition) is 2. The third kappa shape index (κ3) is 6.38. The molecular formula is C20H22N2O4S. The molecule has 2 rings (SSSR count). The molecule has 0 aliphatic rings. The first-order chi connectivity index (χ1) is 12.9. The number of esters is 1. The lowest BCUT2D eigenvalue weighted by molar-refractivity contribution is -0.121. The van der Waals surface area contributed by atoms with E-state index in [0.717, 1.165) is 11.1 Å². The predicted molar refractivity (Wildman–Crippen MR) is 108 cm³/mol. The molecule has 142 valence electrons. The van der Waals surface area contributed by atoms with E-state index in [1.165, 1.54) is 0 Å². The van der Waals surface area contributed by atoms with E-state index >= 15 is 0 Å². The van der Waals surface area contributed by atoms with E-state index in [1.807, 2.05) is 32.0 Å². The summed E-state index contributed by atoms with van der Waals surface area (Å²) in [6.45, 7) is 5.75. The maximum absolute atomic E-state index is 12.0. The standard InChI is InChI=1S/C20H22N2O4S/c1-4-25-19(24)15-6-5-7-16(11-15)21-20(27)22-18(23)12-26-17-10-13(2)8-9-14(17)3/h5-11H,4,12H2,1-3H3,(H2,21,22,23,27). The zero-order valence-electron chi connectivity index (χ0n) is 15.5. The van der Waals surface area contributed by atoms with Gasteiger partial charge in [-0.05, 0) is 68.4 Å². The number of nitrogens with one attached hydrogen (secondary N) is 2. The molecule has 0 saturated carbocycles. The van der Waals surface area contributed by atoms with E-state index in [-0.39, 0.29) is 17.6 Å². The summed E-state index contributed by atoms with van der Waals surface area (Å²) in [5.74, 6) is -0.140. The third-order valence-electron chi connectivity index (χ3n) is 3.59. The quantitative estimate of drug-likeness (QED) is 0.586. The molecule has 0 aliphatic heterocycles. The number of aryl methyl sites for hydroxylation is 2. The number of carbonyl (C=O) groups is 2. The predicted octanol–water partition coefficient (Wildman–Crippen LogP) is 3.37. The van der Waals surface area contributed by atoms with Gasteiger partial charge in [0.15, 0.2) is 11.7 Å². The van der Waals surface area contributed by atoms with Crippen LogP contribution in [0.5, 0.6) is 5.75 Å². The van der Waals surface area contributed by atoms with Crippen molar-refractivity contribution in [2.45, 2.75) is 20.8 Å². The van der Waals surface area contributed by atoms with Crippen molar-refractivity contribution in [3.05, 3.63) is 59.2 Å². The Hall–Kier alpha value is -2.93. The number of benzene rings is 2. The monoisotopic (exact) mass is 386 g/mol. The SMILES string of the molecule is CCOC(=O)c1cccc(NC(=S)NC(=O)COc2cc(C)ccc2C)c1. The van der Waals surface area contributed by atoms with Crippen LogP contribution in [-0.2, 0) is 9.53 Å². The summed E-state index contributed by atoms with van der Waals surface area (Å²) in [6, 6.07) is 12.5. The van der Waals surface area contributed by atoms with Crippen LogP contribution in [-0.4, -0.2) is 30.2 Å². The molecule has 2 N–H and O–H groups in total. The van der Waals surface area contributed by atoms with E-state index in [2.05, 4.69) is 10.6 Å². The number of rotatable bonds is 6. The summed E-state index contributed by atoms with van der Waals surface area (Å²) < 4.78 is 10.5. The molecule has 0 aromatic heterocycles. The van der Waals surface area contributed by atoms with Gasteiger partial charge < -0.3 is 14.8 Å². The topological polar surface area (TPSA) is 76.7 Å². The van der Waals surface area contributed by atoms with Gasteiger partial charge >= 0.3 is 5.97 Å². The number of carbonyl (C=O) groups excluding carboxylic acids is 2. The first-order valence-electron chi connectivity index (χ1n) is 8.47. The van der Waals surface area contributed by atoms with E-state index in [1.54, 1.807) is 31.2 Å². The van der Waals surface area contributed by atoms with Gasteiger partial charge in [0.2, 0.25) is 0 Å². The first kappa shape index (κ1) is 20.4. The van der Waals surface area contributed by atoms with Crippen LogP contribution in [0.2, 0.25) is 0 Å². The van der Waals surface area contributed by atoms with Crippen LogP contribution in [0.1, 0.15) is 28.4 Å². The van der Waals surface area contributed by atoms with E-state index < -0.39 is 5.97 Å². The molecule has 2 aromatic rings. The fourth-order valence-electron chi connectivity index (χ4n) is 2.27. The Labute approximate surface area is 163 Å². The second kappa shape index (κ2) is 9.68. The molecule has 1 amide bonds. The molecule has 0 unspecified atom stereocenters. The van der Waals surface area contributed by atoms with Crippen molar-refractivity contribution in [3.63, 3.8) is 0 Å². The van der Waals surface area contributed by atoms with Crippen molar-refractivity contribution in [2.24, 2.45) is 0 Å². The van der Waals surface area contributed by atoms with Crippen LogP contribution in [0.15, 0.2) is 42.5 Å². The maximum atomic E-state index is 12.0. The summed E-state index contributed by atoms with van der Waals surface area (Å²) in [5, 5.41) is 5.53. The number of ether oxygens (including phenoxy) is 2. The highest BCUT2D eigenvalue weighted by atomic mass is 32.1. The molecule has 0 fully saturated rings. The summed E-state index contributed by atoms with van der Waals surface area (Å²) in [4.78, 5) is 23.8. The van der Waals surface area contributed by atoms with E-state index in [9.17, 15) is 9.59 Å². The lowest BCUT2D eigenvalue weighted by Gasteiger charge is -2.12.